The first kappa shape index (κ1) is 31.7. The van der Waals surface area contributed by atoms with Crippen LogP contribution in [0.5, 0.6) is 0 Å². The van der Waals surface area contributed by atoms with E-state index in [1.54, 1.807) is 0 Å². The second-order valence-corrected chi connectivity index (χ2v) is 8.01. The highest BCUT2D eigenvalue weighted by molar-refractivity contribution is 5.78. The number of pyridine rings is 2. The molecule has 0 saturated heterocycles. The van der Waals surface area contributed by atoms with Gasteiger partial charge in [0.15, 0.2) is 0 Å². The van der Waals surface area contributed by atoms with Gasteiger partial charge in [-0.15, -0.1) is 0 Å². The zero-order valence-electron chi connectivity index (χ0n) is 23.9. The third kappa shape index (κ3) is 11.1. The van der Waals surface area contributed by atoms with Crippen molar-refractivity contribution in [2.75, 3.05) is 23.8 Å². The fraction of sp³-hybridized carbons (Fsp3) is 0.438. The third-order valence-corrected chi connectivity index (χ3v) is 5.54. The molecule has 202 valence electrons. The molecule has 0 radical (unpaired) electrons. The number of para-hydroxylation sites is 1. The summed E-state index contributed by atoms with van der Waals surface area (Å²) in [5, 5.41) is 0. The maximum Gasteiger partial charge on any atom is 0.134 e. The molecule has 0 fully saturated rings. The zero-order chi connectivity index (χ0) is 27.3. The van der Waals surface area contributed by atoms with Gasteiger partial charge in [0.05, 0.1) is 12.4 Å². The summed E-state index contributed by atoms with van der Waals surface area (Å²) in [5.41, 5.74) is 9.06. The first-order valence-corrected chi connectivity index (χ1v) is 14.0. The number of unbranched alkanes of at least 4 members (excludes halogenated alkanes) is 3. The highest BCUT2D eigenvalue weighted by Crippen LogP contribution is 2.30. The van der Waals surface area contributed by atoms with Crippen molar-refractivity contribution in [2.45, 2.75) is 80.1 Å². The zero-order valence-corrected chi connectivity index (χ0v) is 23.9. The molecule has 0 aliphatic heterocycles. The van der Waals surface area contributed by atoms with Crippen LogP contribution >= 0.6 is 0 Å². The summed E-state index contributed by atoms with van der Waals surface area (Å²) in [4.78, 5) is 11.5. The molecular weight excluding hydrogens is 456 g/mol. The van der Waals surface area contributed by atoms with Crippen LogP contribution in [0.4, 0.5) is 17.3 Å². The molecule has 3 aromatic rings. The Kier molecular flexibility index (Phi) is 17.0. The lowest BCUT2D eigenvalue weighted by Crippen LogP contribution is -2.20. The number of ether oxygens (including phenoxy) is 1. The van der Waals surface area contributed by atoms with Crippen molar-refractivity contribution in [2.24, 2.45) is 0 Å². The molecule has 2 heterocycles. The summed E-state index contributed by atoms with van der Waals surface area (Å²) in [6.45, 7) is 13.8. The Morgan fingerprint density at radius 3 is 2.22 bits per heavy atom. The second kappa shape index (κ2) is 19.8. The number of allylic oxidation sites excluding steroid dienone is 2. The minimum absolute atomic E-state index is 0.742. The Bertz CT molecular complexity index is 1000. The summed E-state index contributed by atoms with van der Waals surface area (Å²) in [6.07, 6.45) is 12.5. The Hall–Kier alpha value is -3.34. The van der Waals surface area contributed by atoms with Crippen molar-refractivity contribution in [3.63, 3.8) is 0 Å². The minimum Gasteiger partial charge on any atom is -0.499 e. The number of benzene rings is 1. The van der Waals surface area contributed by atoms with Crippen molar-refractivity contribution < 1.29 is 4.74 Å². The minimum atomic E-state index is 0.742. The number of rotatable bonds is 13. The number of aromatic nitrogens is 2. The average molecular weight is 505 g/mol. The van der Waals surface area contributed by atoms with Crippen LogP contribution in [-0.2, 0) is 4.74 Å². The number of anilines is 3. The molecule has 2 N–H and O–H groups in total. The van der Waals surface area contributed by atoms with Gasteiger partial charge in [-0.3, -0.25) is 0 Å². The van der Waals surface area contributed by atoms with E-state index in [1.165, 1.54) is 6.42 Å². The first-order valence-electron chi connectivity index (χ1n) is 14.0. The highest BCUT2D eigenvalue weighted by atomic mass is 16.5. The molecule has 2 aromatic heterocycles. The fourth-order valence-electron chi connectivity index (χ4n) is 3.92. The van der Waals surface area contributed by atoms with E-state index < -0.39 is 0 Å². The van der Waals surface area contributed by atoms with Gasteiger partial charge in [0.1, 0.15) is 11.6 Å². The monoisotopic (exact) mass is 504 g/mol. The van der Waals surface area contributed by atoms with E-state index in [-0.39, 0.29) is 0 Å². The lowest BCUT2D eigenvalue weighted by molar-refractivity contribution is 0.215. The van der Waals surface area contributed by atoms with Crippen LogP contribution in [0.3, 0.4) is 0 Å². The van der Waals surface area contributed by atoms with E-state index >= 15 is 0 Å². The van der Waals surface area contributed by atoms with Gasteiger partial charge in [0.25, 0.3) is 0 Å². The molecule has 5 nitrogen and oxygen atoms in total. The average Bonchev–Trinajstić information content (AvgIpc) is 2.96. The molecule has 3 rings (SSSR count). The first-order chi connectivity index (χ1) is 18.2. The van der Waals surface area contributed by atoms with Crippen LogP contribution in [0.15, 0.2) is 78.8 Å². The van der Waals surface area contributed by atoms with E-state index in [0.29, 0.717) is 0 Å². The van der Waals surface area contributed by atoms with Gasteiger partial charge in [-0.1, -0.05) is 71.7 Å². The van der Waals surface area contributed by atoms with Crippen LogP contribution in [0.2, 0.25) is 0 Å². The summed E-state index contributed by atoms with van der Waals surface area (Å²) >= 11 is 0. The Balaban J connectivity index is 0.00000163. The lowest BCUT2D eigenvalue weighted by Gasteiger charge is -2.23. The molecule has 0 aliphatic carbocycles. The molecule has 0 aliphatic rings. The van der Waals surface area contributed by atoms with Crippen molar-refractivity contribution in [3.05, 3.63) is 78.8 Å². The van der Waals surface area contributed by atoms with Gasteiger partial charge in [-0.05, 0) is 68.2 Å². The predicted molar refractivity (Wildman–Crippen MR) is 161 cm³/mol. The molecular formula is C32H48N4O. The smallest absolute Gasteiger partial charge is 0.134 e. The molecule has 0 saturated carbocycles. The van der Waals surface area contributed by atoms with Crippen LogP contribution < -0.4 is 10.6 Å². The molecule has 0 amide bonds. The topological polar surface area (TPSA) is 64.3 Å². The van der Waals surface area contributed by atoms with Crippen molar-refractivity contribution >= 4 is 17.3 Å². The maximum absolute atomic E-state index is 6.22. The molecule has 5 heteroatoms. The van der Waals surface area contributed by atoms with Crippen LogP contribution in [0, 0.1) is 0 Å². The lowest BCUT2D eigenvalue weighted by atomic mass is 10.0. The molecule has 37 heavy (non-hydrogen) atoms. The summed E-state index contributed by atoms with van der Waals surface area (Å²) < 4.78 is 5.73. The van der Waals surface area contributed by atoms with E-state index in [1.807, 2.05) is 95.5 Å². The molecule has 1 aromatic carbocycles. The molecule has 0 bridgehead atoms. The summed E-state index contributed by atoms with van der Waals surface area (Å²) in [5.74, 6) is 2.93. The Morgan fingerprint density at radius 1 is 0.838 bits per heavy atom. The molecule has 0 spiro atoms. The van der Waals surface area contributed by atoms with Crippen molar-refractivity contribution in [1.82, 2.24) is 9.97 Å². The van der Waals surface area contributed by atoms with E-state index in [2.05, 4.69) is 33.9 Å². The second-order valence-electron chi connectivity index (χ2n) is 8.01. The standard InChI is InChI=1S/C28H36N4O.2C2H6/c1-3-13-24(33-4-2)14-7-5-6-12-21-32(27-17-10-11-19-30-27)28-22-23(18-20-31-28)25-15-8-9-16-26(25)29;2*1-2/h8-11,13,15-20,22H,3-7,12,14,21,29H2,1-2H3;2*1-2H3/b24-13+;;. The van der Waals surface area contributed by atoms with Crippen LogP contribution in [0.25, 0.3) is 11.1 Å². The van der Waals surface area contributed by atoms with Gasteiger partial charge in [0, 0.05) is 36.6 Å². The highest BCUT2D eigenvalue weighted by Gasteiger charge is 2.13. The SMILES string of the molecule is CC.CC.CC/C=C(\CCCCCCN(c1ccccn1)c1cc(-c2ccccc2N)ccn1)OCC. The number of hydrogen-bond acceptors (Lipinski definition) is 5. The number of nitrogen functional groups attached to an aromatic ring is 1. The van der Waals surface area contributed by atoms with Gasteiger partial charge in [-0.25, -0.2) is 9.97 Å². The maximum atomic E-state index is 6.22. The quantitative estimate of drug-likeness (QED) is 0.143. The van der Waals surface area contributed by atoms with Crippen molar-refractivity contribution in [1.29, 1.82) is 0 Å². The largest absolute Gasteiger partial charge is 0.499 e. The van der Waals surface area contributed by atoms with Crippen LogP contribution in [0.1, 0.15) is 80.1 Å². The van der Waals surface area contributed by atoms with E-state index in [4.69, 9.17) is 10.5 Å². The summed E-state index contributed by atoms with van der Waals surface area (Å²) in [6, 6.07) is 18.0. The van der Waals surface area contributed by atoms with Gasteiger partial charge < -0.3 is 15.4 Å². The predicted octanol–water partition coefficient (Wildman–Crippen LogP) is 9.20. The summed E-state index contributed by atoms with van der Waals surface area (Å²) in [7, 11) is 0. The third-order valence-electron chi connectivity index (χ3n) is 5.54. The number of hydrogen-bond donors (Lipinski definition) is 1. The van der Waals surface area contributed by atoms with Gasteiger partial charge in [0.2, 0.25) is 0 Å². The number of nitrogens with two attached hydrogens (primary N) is 1. The van der Waals surface area contributed by atoms with E-state index in [9.17, 15) is 0 Å². The van der Waals surface area contributed by atoms with Crippen LogP contribution in [-0.4, -0.2) is 23.1 Å². The normalized spacial score (nSPS) is 10.5. The Labute approximate surface area is 225 Å². The van der Waals surface area contributed by atoms with Crippen molar-refractivity contribution in [3.8, 4) is 11.1 Å². The fourth-order valence-corrected chi connectivity index (χ4v) is 3.92. The Morgan fingerprint density at radius 2 is 1.54 bits per heavy atom. The number of nitrogens with zero attached hydrogens (tertiary/aromatic N) is 3. The molecule has 0 atom stereocenters. The van der Waals surface area contributed by atoms with E-state index in [0.717, 1.165) is 79.5 Å². The molecule has 0 unspecified atom stereocenters. The van der Waals surface area contributed by atoms with Gasteiger partial charge >= 0.3 is 0 Å². The van der Waals surface area contributed by atoms with Gasteiger partial charge in [-0.2, -0.15) is 0 Å².